The number of amides is 2. The van der Waals surface area contributed by atoms with Crippen LogP contribution in [0.2, 0.25) is 5.02 Å². The summed E-state index contributed by atoms with van der Waals surface area (Å²) in [4.78, 5) is 29.9. The average Bonchev–Trinajstić information content (AvgIpc) is 3.27. The number of anilines is 3. The maximum Gasteiger partial charge on any atom is 0.272 e. The molecule has 2 amide bonds. The minimum atomic E-state index is -2.86. The molecule has 0 fully saturated rings. The minimum absolute atomic E-state index is 0.0472. The van der Waals surface area contributed by atoms with Crippen LogP contribution in [0.5, 0.6) is 5.75 Å². The van der Waals surface area contributed by atoms with Crippen molar-refractivity contribution in [3.05, 3.63) is 70.7 Å². The first-order valence-corrected chi connectivity index (χ1v) is 13.8. The summed E-state index contributed by atoms with van der Waals surface area (Å²) < 4.78 is 60.0. The summed E-state index contributed by atoms with van der Waals surface area (Å²) in [5, 5.41) is 8.67. The van der Waals surface area contributed by atoms with Gasteiger partial charge in [0.1, 0.15) is 20.2 Å². The van der Waals surface area contributed by atoms with Gasteiger partial charge in [-0.05, 0) is 35.9 Å². The van der Waals surface area contributed by atoms with Crippen molar-refractivity contribution in [2.45, 2.75) is 46.7 Å². The average molecular weight is 630 g/mol. The molecular formula is C30H29BClF4N5O3. The molecule has 2 radical (unpaired) electrons. The lowest BCUT2D eigenvalue weighted by Crippen LogP contribution is -2.34. The van der Waals surface area contributed by atoms with Gasteiger partial charge in [-0.1, -0.05) is 56.0 Å². The van der Waals surface area contributed by atoms with Crippen molar-refractivity contribution in [2.24, 2.45) is 5.41 Å². The highest BCUT2D eigenvalue weighted by atomic mass is 35.5. The Morgan fingerprint density at radius 1 is 1.02 bits per heavy atom. The topological polar surface area (TPSA) is 97.3 Å². The molecule has 0 unspecified atom stereocenters. The Labute approximate surface area is 257 Å². The minimum Gasteiger partial charge on any atom is -0.487 e. The van der Waals surface area contributed by atoms with E-state index < -0.39 is 37.3 Å². The number of fused-ring (bicyclic) bond motifs is 1. The zero-order valence-electron chi connectivity index (χ0n) is 24.1. The summed E-state index contributed by atoms with van der Waals surface area (Å²) in [6.45, 7) is 3.68. The molecule has 4 rings (SSSR count). The van der Waals surface area contributed by atoms with Crippen LogP contribution in [0.4, 0.5) is 34.9 Å². The Hall–Kier alpha value is -4.26. The molecule has 0 aliphatic carbocycles. The van der Waals surface area contributed by atoms with Crippen molar-refractivity contribution >= 4 is 65.1 Å². The Morgan fingerprint density at radius 2 is 1.73 bits per heavy atom. The molecular weight excluding hydrogens is 601 g/mol. The molecule has 1 aromatic heterocycles. The molecule has 230 valence electrons. The van der Waals surface area contributed by atoms with E-state index in [0.29, 0.717) is 22.4 Å². The largest absolute Gasteiger partial charge is 0.487 e. The molecule has 8 nitrogen and oxygen atoms in total. The smallest absolute Gasteiger partial charge is 0.272 e. The molecule has 0 atom stereocenters. The fourth-order valence-electron chi connectivity index (χ4n) is 4.13. The number of imidazole rings is 1. The number of benzene rings is 3. The number of ether oxygens (including phenoxy) is 1. The summed E-state index contributed by atoms with van der Waals surface area (Å²) in [7, 11) is 5.69. The lowest BCUT2D eigenvalue weighted by Gasteiger charge is -2.18. The van der Waals surface area contributed by atoms with Crippen molar-refractivity contribution in [3.8, 4) is 5.75 Å². The number of alkyl halides is 4. The van der Waals surface area contributed by atoms with Crippen LogP contribution in [0.3, 0.4) is 0 Å². The number of aromatic nitrogens is 2. The number of carbonyl (C=O) groups excluding carboxylic acids is 2. The number of hydrogen-bond donors (Lipinski definition) is 3. The molecule has 14 heteroatoms. The van der Waals surface area contributed by atoms with E-state index in [2.05, 4.69) is 20.9 Å². The van der Waals surface area contributed by atoms with Gasteiger partial charge in [0.2, 0.25) is 11.9 Å². The molecule has 0 aliphatic rings. The molecule has 4 aromatic rings. The van der Waals surface area contributed by atoms with Crippen molar-refractivity contribution < 1.29 is 31.9 Å². The summed E-state index contributed by atoms with van der Waals surface area (Å²) in [6.07, 6.45) is -5.68. The van der Waals surface area contributed by atoms with Crippen molar-refractivity contribution in [1.82, 2.24) is 14.9 Å². The van der Waals surface area contributed by atoms with Gasteiger partial charge in [-0.25, -0.2) is 22.5 Å². The Kier molecular flexibility index (Phi) is 10.1. The van der Waals surface area contributed by atoms with Gasteiger partial charge in [-0.3, -0.25) is 9.59 Å². The lowest BCUT2D eigenvalue weighted by atomic mass is 9.95. The Morgan fingerprint density at radius 3 is 2.36 bits per heavy atom. The van der Waals surface area contributed by atoms with Gasteiger partial charge < -0.3 is 25.3 Å². The molecule has 0 bridgehead atoms. The fraction of sp³-hybridized carbons (Fsp3) is 0.300. The quantitative estimate of drug-likeness (QED) is 0.139. The highest BCUT2D eigenvalue weighted by Crippen LogP contribution is 2.33. The molecule has 0 saturated carbocycles. The van der Waals surface area contributed by atoms with Crippen LogP contribution < -0.4 is 26.2 Å². The molecule has 44 heavy (non-hydrogen) atoms. The summed E-state index contributed by atoms with van der Waals surface area (Å²) in [6, 6.07) is 13.7. The monoisotopic (exact) mass is 629 g/mol. The van der Waals surface area contributed by atoms with E-state index in [9.17, 15) is 27.2 Å². The second-order valence-electron chi connectivity index (χ2n) is 10.9. The Bertz CT molecular complexity index is 1660. The SMILES string of the molecule is [B]c1ccc(NC(=O)c2cc3nc(Nc4cc(CNC(=O)C(C)(C)C)ccc4Cl)n(CC(F)F)c3cc2OCC(F)F)cc1. The number of nitrogens with one attached hydrogen (secondary N) is 3. The third kappa shape index (κ3) is 8.22. The highest BCUT2D eigenvalue weighted by molar-refractivity contribution is 6.33. The molecule has 3 N–H and O–H groups in total. The van der Waals surface area contributed by atoms with Gasteiger partial charge in [0.15, 0.2) is 0 Å². The van der Waals surface area contributed by atoms with E-state index in [-0.39, 0.29) is 45.8 Å². The number of nitrogens with zero attached hydrogens (tertiary/aromatic N) is 2. The summed E-state index contributed by atoms with van der Waals surface area (Å²) in [5.74, 6) is -1.16. The zero-order valence-corrected chi connectivity index (χ0v) is 24.8. The van der Waals surface area contributed by atoms with E-state index in [1.807, 2.05) is 0 Å². The molecule has 0 saturated heterocycles. The van der Waals surface area contributed by atoms with E-state index >= 15 is 0 Å². The van der Waals surface area contributed by atoms with E-state index in [1.54, 1.807) is 63.2 Å². The predicted octanol–water partition coefficient (Wildman–Crippen LogP) is 6.05. The number of halogens is 5. The lowest BCUT2D eigenvalue weighted by molar-refractivity contribution is -0.128. The second-order valence-corrected chi connectivity index (χ2v) is 11.3. The third-order valence-corrected chi connectivity index (χ3v) is 6.69. The fourth-order valence-corrected chi connectivity index (χ4v) is 4.30. The maximum atomic E-state index is 13.7. The molecule has 3 aromatic carbocycles. The normalized spacial score (nSPS) is 11.7. The summed E-state index contributed by atoms with van der Waals surface area (Å²) in [5.41, 5.74) is 1.31. The van der Waals surface area contributed by atoms with E-state index in [1.165, 1.54) is 12.1 Å². The van der Waals surface area contributed by atoms with Crippen LogP contribution >= 0.6 is 11.6 Å². The second kappa shape index (κ2) is 13.6. The van der Waals surface area contributed by atoms with Crippen LogP contribution in [-0.2, 0) is 17.9 Å². The molecule has 0 aliphatic heterocycles. The first-order chi connectivity index (χ1) is 20.7. The first kappa shape index (κ1) is 32.7. The van der Waals surface area contributed by atoms with E-state index in [0.717, 1.165) is 4.57 Å². The molecule has 1 heterocycles. The zero-order chi connectivity index (χ0) is 32.2. The van der Waals surface area contributed by atoms with Gasteiger partial charge >= 0.3 is 0 Å². The molecule has 0 spiro atoms. The highest BCUT2D eigenvalue weighted by Gasteiger charge is 2.23. The van der Waals surface area contributed by atoms with Gasteiger partial charge in [0, 0.05) is 23.7 Å². The van der Waals surface area contributed by atoms with Crippen LogP contribution in [0, 0.1) is 5.41 Å². The van der Waals surface area contributed by atoms with Crippen LogP contribution in [-0.4, -0.2) is 48.7 Å². The standard InChI is InChI=1S/C30H29BClF4N5O3/c1-30(2,3)28(43)37-13-16-4-9-20(32)21(10-16)39-29-40-22-11-19(27(42)38-18-7-5-17(31)6-8-18)24(44-15-26(35)36)12-23(22)41(29)14-25(33)34/h4-12,25-26H,13-15H2,1-3H3,(H,37,43)(H,38,42)(H,39,40). The van der Waals surface area contributed by atoms with Crippen molar-refractivity contribution in [2.75, 3.05) is 17.2 Å². The predicted molar refractivity (Wildman–Crippen MR) is 163 cm³/mol. The number of rotatable bonds is 11. The maximum absolute atomic E-state index is 13.7. The van der Waals surface area contributed by atoms with Gasteiger partial charge in [0.25, 0.3) is 18.8 Å². The van der Waals surface area contributed by atoms with Crippen LogP contribution in [0.25, 0.3) is 11.0 Å². The Balaban J connectivity index is 1.73. The first-order valence-electron chi connectivity index (χ1n) is 13.4. The third-order valence-electron chi connectivity index (χ3n) is 6.36. The van der Waals surface area contributed by atoms with Crippen LogP contribution in [0.1, 0.15) is 36.7 Å². The number of hydrogen-bond acceptors (Lipinski definition) is 5. The van der Waals surface area contributed by atoms with Crippen LogP contribution in [0.15, 0.2) is 54.6 Å². The van der Waals surface area contributed by atoms with Gasteiger partial charge in [-0.15, -0.1) is 0 Å². The van der Waals surface area contributed by atoms with Crippen molar-refractivity contribution in [1.29, 1.82) is 0 Å². The number of carbonyl (C=O) groups is 2. The van der Waals surface area contributed by atoms with E-state index in [4.69, 9.17) is 24.2 Å². The van der Waals surface area contributed by atoms with Gasteiger partial charge in [0.05, 0.1) is 33.9 Å². The summed E-state index contributed by atoms with van der Waals surface area (Å²) >= 11 is 6.40. The van der Waals surface area contributed by atoms with Gasteiger partial charge in [-0.2, -0.15) is 0 Å². The van der Waals surface area contributed by atoms with Crippen molar-refractivity contribution in [3.63, 3.8) is 0 Å².